The molecule has 2 rings (SSSR count). The van der Waals surface area contributed by atoms with E-state index in [1.165, 1.54) is 116 Å². The number of carbonyl (C=O) groups excluding carboxylic acids is 1. The van der Waals surface area contributed by atoms with Crippen LogP contribution in [0.3, 0.4) is 0 Å². The molecule has 0 saturated carbocycles. The molecule has 0 aromatic rings. The minimum atomic E-state index is -1.85. The molecule has 2 saturated heterocycles. The van der Waals surface area contributed by atoms with Crippen molar-refractivity contribution in [2.24, 2.45) is 5.92 Å². The van der Waals surface area contributed by atoms with Gasteiger partial charge < -0.3 is 75.3 Å². The molecule has 16 heteroatoms. The highest BCUT2D eigenvalue weighted by Crippen LogP contribution is 2.30. The molecule has 398 valence electrons. The van der Waals surface area contributed by atoms with Gasteiger partial charge in [0.2, 0.25) is 5.91 Å². The third-order valence-electron chi connectivity index (χ3n) is 14.1. The second-order valence-corrected chi connectivity index (χ2v) is 19.9. The lowest BCUT2D eigenvalue weighted by Crippen LogP contribution is -2.65. The van der Waals surface area contributed by atoms with Crippen molar-refractivity contribution in [3.63, 3.8) is 0 Å². The van der Waals surface area contributed by atoms with Crippen molar-refractivity contribution in [1.29, 1.82) is 0 Å². The average Bonchev–Trinajstić information content (AvgIpc) is 3.33. The van der Waals surface area contributed by atoms with Crippen LogP contribution in [0.2, 0.25) is 0 Å². The molecule has 11 N–H and O–H groups in total. The van der Waals surface area contributed by atoms with Crippen LogP contribution in [0.5, 0.6) is 0 Å². The number of carbonyl (C=O) groups is 1. The summed E-state index contributed by atoms with van der Waals surface area (Å²) < 4.78 is 22.5. The van der Waals surface area contributed by atoms with Crippen LogP contribution in [0.15, 0.2) is 0 Å². The van der Waals surface area contributed by atoms with E-state index in [2.05, 4.69) is 26.1 Å². The molecule has 16 nitrogen and oxygen atoms in total. The first-order valence-electron chi connectivity index (χ1n) is 26.9. The van der Waals surface area contributed by atoms with Crippen molar-refractivity contribution in [2.75, 3.05) is 19.8 Å². The molecule has 0 spiro atoms. The minimum absolute atomic E-state index is 0.207. The second kappa shape index (κ2) is 37.7. The highest BCUT2D eigenvalue weighted by molar-refractivity contribution is 5.80. The highest BCUT2D eigenvalue weighted by Gasteiger charge is 2.51. The fraction of sp³-hybridized carbons (Fsp3) is 0.980. The molecule has 0 aromatic carbocycles. The van der Waals surface area contributed by atoms with Gasteiger partial charge in [-0.2, -0.15) is 0 Å². The van der Waals surface area contributed by atoms with Crippen molar-refractivity contribution < 1.29 is 74.8 Å². The molecule has 15 atom stereocenters. The standard InChI is InChI=1S/C51H99NO15/c1-4-6-7-8-9-10-11-12-13-14-15-16-17-18-19-22-26-29-32-39(56)49(63)52-37(42(57)38(55)31-28-25-23-20-21-24-27-30-36(3)5-2)35-64-50-47(62)45(60)48(41(34-54)66-50)67-51-46(61)44(59)43(58)40(33-53)65-51/h36-48,50-51,53-62H,4-35H2,1-3H3,(H,52,63)/t36?,37-,38+,39+,40+,41+,42-,43+,44-,45+,46+,47+,48+,50+,51-/m0/s1. The first-order valence-corrected chi connectivity index (χ1v) is 26.9. The van der Waals surface area contributed by atoms with Crippen molar-refractivity contribution in [1.82, 2.24) is 5.32 Å². The van der Waals surface area contributed by atoms with Crippen LogP contribution in [-0.2, 0) is 23.7 Å². The number of ether oxygens (including phenoxy) is 4. The maximum atomic E-state index is 13.3. The van der Waals surface area contributed by atoms with E-state index in [0.717, 1.165) is 50.9 Å². The number of hydrogen-bond donors (Lipinski definition) is 11. The van der Waals surface area contributed by atoms with E-state index in [-0.39, 0.29) is 12.8 Å². The van der Waals surface area contributed by atoms with Crippen molar-refractivity contribution >= 4 is 5.91 Å². The van der Waals surface area contributed by atoms with Gasteiger partial charge in [0.25, 0.3) is 0 Å². The van der Waals surface area contributed by atoms with Gasteiger partial charge in [-0.25, -0.2) is 0 Å². The lowest BCUT2D eigenvalue weighted by Gasteiger charge is -2.46. The quantitative estimate of drug-likeness (QED) is 0.0353. The van der Waals surface area contributed by atoms with Crippen LogP contribution >= 0.6 is 0 Å². The topological polar surface area (TPSA) is 268 Å². The molecule has 1 unspecified atom stereocenters. The van der Waals surface area contributed by atoms with E-state index < -0.39 is 111 Å². The zero-order valence-corrected chi connectivity index (χ0v) is 41.8. The second-order valence-electron chi connectivity index (χ2n) is 19.9. The molecular formula is C51H99NO15. The van der Waals surface area contributed by atoms with Gasteiger partial charge in [0.1, 0.15) is 61.0 Å². The monoisotopic (exact) mass is 966 g/mol. The zero-order chi connectivity index (χ0) is 49.4. The van der Waals surface area contributed by atoms with Gasteiger partial charge in [0.05, 0.1) is 32.0 Å². The number of amides is 1. The largest absolute Gasteiger partial charge is 0.394 e. The summed E-state index contributed by atoms with van der Waals surface area (Å²) in [4.78, 5) is 13.3. The molecule has 0 aliphatic carbocycles. The number of nitrogens with one attached hydrogen (secondary N) is 1. The van der Waals surface area contributed by atoms with Crippen LogP contribution in [0.4, 0.5) is 0 Å². The Labute approximate surface area is 403 Å². The average molecular weight is 966 g/mol. The molecule has 2 aliphatic heterocycles. The summed E-state index contributed by atoms with van der Waals surface area (Å²) in [6, 6.07) is -1.27. The van der Waals surface area contributed by atoms with Crippen LogP contribution < -0.4 is 5.32 Å². The summed E-state index contributed by atoms with van der Waals surface area (Å²) in [5.41, 5.74) is 0. The molecule has 2 fully saturated rings. The van der Waals surface area contributed by atoms with Gasteiger partial charge in [-0.15, -0.1) is 0 Å². The number of rotatable bonds is 41. The fourth-order valence-electron chi connectivity index (χ4n) is 9.14. The summed E-state index contributed by atoms with van der Waals surface area (Å²) >= 11 is 0. The molecule has 0 radical (unpaired) electrons. The van der Waals surface area contributed by atoms with Crippen LogP contribution in [0, 0.1) is 5.92 Å². The Kier molecular flexibility index (Phi) is 34.9. The Morgan fingerprint density at radius 2 is 0.970 bits per heavy atom. The van der Waals surface area contributed by atoms with Gasteiger partial charge in [-0.1, -0.05) is 194 Å². The Hall–Kier alpha value is -1.09. The van der Waals surface area contributed by atoms with E-state index >= 15 is 0 Å². The van der Waals surface area contributed by atoms with Gasteiger partial charge >= 0.3 is 0 Å². The van der Waals surface area contributed by atoms with Crippen molar-refractivity contribution in [2.45, 2.75) is 293 Å². The Bertz CT molecular complexity index is 1190. The zero-order valence-electron chi connectivity index (χ0n) is 41.8. The Morgan fingerprint density at radius 3 is 1.45 bits per heavy atom. The Balaban J connectivity index is 1.87. The van der Waals surface area contributed by atoms with Gasteiger partial charge in [-0.05, 0) is 18.8 Å². The summed E-state index contributed by atoms with van der Waals surface area (Å²) in [5, 5.41) is 109. The number of aliphatic hydroxyl groups is 10. The number of hydrogen-bond acceptors (Lipinski definition) is 15. The predicted octanol–water partition coefficient (Wildman–Crippen LogP) is 5.18. The van der Waals surface area contributed by atoms with Crippen LogP contribution in [0.25, 0.3) is 0 Å². The summed E-state index contributed by atoms with van der Waals surface area (Å²) in [6.45, 7) is 4.70. The van der Waals surface area contributed by atoms with E-state index in [1.54, 1.807) is 0 Å². The van der Waals surface area contributed by atoms with E-state index in [0.29, 0.717) is 12.8 Å². The minimum Gasteiger partial charge on any atom is -0.394 e. The lowest BCUT2D eigenvalue weighted by atomic mass is 9.97. The molecule has 0 aromatic heterocycles. The molecule has 67 heavy (non-hydrogen) atoms. The lowest BCUT2D eigenvalue weighted by molar-refractivity contribution is -0.359. The summed E-state index contributed by atoms with van der Waals surface area (Å²) in [6.07, 6.45) is 11.4. The van der Waals surface area contributed by atoms with Gasteiger partial charge in [0, 0.05) is 0 Å². The third-order valence-corrected chi connectivity index (χ3v) is 14.1. The highest BCUT2D eigenvalue weighted by atomic mass is 16.7. The summed E-state index contributed by atoms with van der Waals surface area (Å²) in [5.74, 6) is -0.00968. The predicted molar refractivity (Wildman–Crippen MR) is 257 cm³/mol. The van der Waals surface area contributed by atoms with Crippen molar-refractivity contribution in [3.05, 3.63) is 0 Å². The van der Waals surface area contributed by atoms with Crippen LogP contribution in [0.1, 0.15) is 207 Å². The third kappa shape index (κ3) is 24.7. The molecule has 2 heterocycles. The molecule has 2 aliphatic rings. The molecular weight excluding hydrogens is 867 g/mol. The first-order chi connectivity index (χ1) is 32.3. The van der Waals surface area contributed by atoms with Gasteiger partial charge in [0.15, 0.2) is 12.6 Å². The molecule has 0 bridgehead atoms. The van der Waals surface area contributed by atoms with Gasteiger partial charge in [-0.3, -0.25) is 4.79 Å². The SMILES string of the molecule is CCCCCCCCCCCCCCCCCCCC[C@@H](O)C(=O)N[C@@H](CO[C@@H]1O[C@H](CO)[C@@H](O[C@@H]2O[C@H](CO)[C@@H](O)[C@H](O)[C@H]2O)[C@H](O)[C@H]1O)[C@H](O)[C@H](O)CCCCCCCCCC(C)CC. The smallest absolute Gasteiger partial charge is 0.249 e. The summed E-state index contributed by atoms with van der Waals surface area (Å²) in [7, 11) is 0. The van der Waals surface area contributed by atoms with Crippen molar-refractivity contribution in [3.8, 4) is 0 Å². The fourth-order valence-corrected chi connectivity index (χ4v) is 9.14. The Morgan fingerprint density at radius 1 is 0.537 bits per heavy atom. The molecule has 1 amide bonds. The van der Waals surface area contributed by atoms with E-state index in [9.17, 15) is 55.9 Å². The number of aliphatic hydroxyl groups excluding tert-OH is 10. The van der Waals surface area contributed by atoms with E-state index in [1.807, 2.05) is 0 Å². The normalized spacial score (nSPS) is 28.0. The first kappa shape index (κ1) is 62.0. The van der Waals surface area contributed by atoms with Crippen LogP contribution in [-0.4, -0.2) is 163 Å². The maximum absolute atomic E-state index is 13.3. The van der Waals surface area contributed by atoms with E-state index in [4.69, 9.17) is 18.9 Å². The number of unbranched alkanes of at least 4 members (excludes halogenated alkanes) is 23. The maximum Gasteiger partial charge on any atom is 0.249 e.